The first kappa shape index (κ1) is 12.5. The Labute approximate surface area is 102 Å². The van der Waals surface area contributed by atoms with Gasteiger partial charge in [0.05, 0.1) is 12.6 Å². The second kappa shape index (κ2) is 5.16. The van der Waals surface area contributed by atoms with Gasteiger partial charge in [0.15, 0.2) is 0 Å². The summed E-state index contributed by atoms with van der Waals surface area (Å²) in [5.74, 6) is 1.00. The third kappa shape index (κ3) is 2.68. The van der Waals surface area contributed by atoms with Gasteiger partial charge in [-0.25, -0.2) is 4.98 Å². The number of aryl methyl sites for hydroxylation is 1. The molecule has 2 atom stereocenters. The normalized spacial score (nSPS) is 28.8. The minimum absolute atomic E-state index is 0.0964. The van der Waals surface area contributed by atoms with E-state index < -0.39 is 5.60 Å². The molecule has 17 heavy (non-hydrogen) atoms. The van der Waals surface area contributed by atoms with Crippen molar-refractivity contribution in [1.82, 2.24) is 14.9 Å². The van der Waals surface area contributed by atoms with E-state index in [9.17, 15) is 5.11 Å². The largest absolute Gasteiger partial charge is 0.386 e. The monoisotopic (exact) mass is 239 g/mol. The molecule has 2 N–H and O–H groups in total. The van der Waals surface area contributed by atoms with Crippen LogP contribution in [-0.4, -0.2) is 39.5 Å². The minimum Gasteiger partial charge on any atom is -0.386 e. The molecule has 1 aromatic rings. The molecule has 1 aliphatic heterocycles. The third-order valence-electron chi connectivity index (χ3n) is 3.52. The molecule has 2 rings (SSSR count). The Morgan fingerprint density at radius 2 is 2.53 bits per heavy atom. The molecule has 0 aliphatic carbocycles. The third-order valence-corrected chi connectivity index (χ3v) is 3.52. The van der Waals surface area contributed by atoms with Crippen molar-refractivity contribution in [2.45, 2.75) is 45.1 Å². The molecule has 0 amide bonds. The predicted octanol–water partition coefficient (Wildman–Crippen LogP) is 0.532. The molecule has 5 nitrogen and oxygen atoms in total. The molecule has 96 valence electrons. The molecule has 1 aromatic heterocycles. The molecule has 2 heterocycles. The van der Waals surface area contributed by atoms with Crippen molar-refractivity contribution in [3.63, 3.8) is 0 Å². The number of rotatable bonds is 5. The van der Waals surface area contributed by atoms with Crippen LogP contribution in [0.4, 0.5) is 0 Å². The van der Waals surface area contributed by atoms with E-state index in [4.69, 9.17) is 4.74 Å². The van der Waals surface area contributed by atoms with Gasteiger partial charge >= 0.3 is 0 Å². The maximum absolute atomic E-state index is 10.3. The first-order valence-electron chi connectivity index (χ1n) is 6.20. The number of imidazole rings is 1. The molecule has 2 unspecified atom stereocenters. The van der Waals surface area contributed by atoms with Gasteiger partial charge in [-0.2, -0.15) is 0 Å². The topological polar surface area (TPSA) is 59.3 Å². The Balaban J connectivity index is 1.83. The zero-order valence-corrected chi connectivity index (χ0v) is 10.5. The summed E-state index contributed by atoms with van der Waals surface area (Å²) in [7, 11) is 0. The first-order chi connectivity index (χ1) is 8.15. The van der Waals surface area contributed by atoms with E-state index in [1.807, 2.05) is 13.1 Å². The fraction of sp³-hybridized carbons (Fsp3) is 0.750. The zero-order chi connectivity index (χ0) is 12.3. The summed E-state index contributed by atoms with van der Waals surface area (Å²) >= 11 is 0. The number of ether oxygens (including phenoxy) is 1. The van der Waals surface area contributed by atoms with Gasteiger partial charge in [0.25, 0.3) is 0 Å². The van der Waals surface area contributed by atoms with E-state index in [1.54, 1.807) is 6.20 Å². The Morgan fingerprint density at radius 1 is 1.71 bits per heavy atom. The average molecular weight is 239 g/mol. The van der Waals surface area contributed by atoms with E-state index in [0.717, 1.165) is 12.4 Å². The van der Waals surface area contributed by atoms with E-state index in [-0.39, 0.29) is 6.10 Å². The standard InChI is InChI=1S/C12H21N3O2/c1-3-15-6-5-14-11(15)8-13-9-12(16)4-7-17-10(12)2/h5-6,10,13,16H,3-4,7-9H2,1-2H3. The van der Waals surface area contributed by atoms with Crippen molar-refractivity contribution >= 4 is 0 Å². The van der Waals surface area contributed by atoms with Gasteiger partial charge < -0.3 is 19.7 Å². The van der Waals surface area contributed by atoms with Crippen LogP contribution in [0, 0.1) is 0 Å². The summed E-state index contributed by atoms with van der Waals surface area (Å²) in [4.78, 5) is 4.28. The lowest BCUT2D eigenvalue weighted by Gasteiger charge is -2.26. The molecule has 1 fully saturated rings. The van der Waals surface area contributed by atoms with Gasteiger partial charge in [-0.05, 0) is 13.8 Å². The molecule has 0 aromatic carbocycles. The van der Waals surface area contributed by atoms with Crippen LogP contribution in [0.25, 0.3) is 0 Å². The van der Waals surface area contributed by atoms with E-state index in [0.29, 0.717) is 26.1 Å². The van der Waals surface area contributed by atoms with Crippen LogP contribution in [0.5, 0.6) is 0 Å². The molecular weight excluding hydrogens is 218 g/mol. The highest BCUT2D eigenvalue weighted by Gasteiger charge is 2.38. The van der Waals surface area contributed by atoms with E-state index in [1.165, 1.54) is 0 Å². The average Bonchev–Trinajstić information content (AvgIpc) is 2.88. The zero-order valence-electron chi connectivity index (χ0n) is 10.5. The van der Waals surface area contributed by atoms with Crippen LogP contribution in [-0.2, 0) is 17.8 Å². The lowest BCUT2D eigenvalue weighted by molar-refractivity contribution is -0.0264. The molecule has 5 heteroatoms. The second-order valence-electron chi connectivity index (χ2n) is 4.60. The summed E-state index contributed by atoms with van der Waals surface area (Å²) < 4.78 is 7.48. The van der Waals surface area contributed by atoms with Gasteiger partial charge in [-0.15, -0.1) is 0 Å². The lowest BCUT2D eigenvalue weighted by atomic mass is 9.97. The summed E-state index contributed by atoms with van der Waals surface area (Å²) in [5.41, 5.74) is -0.733. The quantitative estimate of drug-likeness (QED) is 0.787. The van der Waals surface area contributed by atoms with E-state index in [2.05, 4.69) is 21.8 Å². The summed E-state index contributed by atoms with van der Waals surface area (Å²) in [6.07, 6.45) is 4.37. The lowest BCUT2D eigenvalue weighted by Crippen LogP contribution is -2.45. The van der Waals surface area contributed by atoms with Crippen LogP contribution in [0.15, 0.2) is 12.4 Å². The highest BCUT2D eigenvalue weighted by molar-refractivity contribution is 4.95. The molecule has 0 saturated carbocycles. The smallest absolute Gasteiger partial charge is 0.122 e. The van der Waals surface area contributed by atoms with Crippen LogP contribution in [0.1, 0.15) is 26.1 Å². The maximum atomic E-state index is 10.3. The highest BCUT2D eigenvalue weighted by Crippen LogP contribution is 2.24. The number of hydrogen-bond donors (Lipinski definition) is 2. The predicted molar refractivity (Wildman–Crippen MR) is 64.6 cm³/mol. The molecular formula is C12H21N3O2. The van der Waals surface area contributed by atoms with Crippen LogP contribution >= 0.6 is 0 Å². The Morgan fingerprint density at radius 3 is 3.18 bits per heavy atom. The van der Waals surface area contributed by atoms with Crippen molar-refractivity contribution < 1.29 is 9.84 Å². The summed E-state index contributed by atoms with van der Waals surface area (Å²) in [6.45, 7) is 6.79. The van der Waals surface area contributed by atoms with Crippen LogP contribution in [0.3, 0.4) is 0 Å². The van der Waals surface area contributed by atoms with Gasteiger partial charge in [0.1, 0.15) is 11.4 Å². The van der Waals surface area contributed by atoms with Crippen LogP contribution < -0.4 is 5.32 Å². The Bertz CT molecular complexity index is 366. The van der Waals surface area contributed by atoms with Gasteiger partial charge in [-0.1, -0.05) is 0 Å². The van der Waals surface area contributed by atoms with E-state index >= 15 is 0 Å². The first-order valence-corrected chi connectivity index (χ1v) is 6.20. The second-order valence-corrected chi connectivity index (χ2v) is 4.60. The molecule has 0 radical (unpaired) electrons. The fourth-order valence-corrected chi connectivity index (χ4v) is 2.19. The Kier molecular flexibility index (Phi) is 3.81. The number of aromatic nitrogens is 2. The van der Waals surface area contributed by atoms with Crippen LogP contribution in [0.2, 0.25) is 0 Å². The van der Waals surface area contributed by atoms with Crippen molar-refractivity contribution in [2.75, 3.05) is 13.2 Å². The molecule has 1 saturated heterocycles. The molecule has 0 spiro atoms. The van der Waals surface area contributed by atoms with Crippen molar-refractivity contribution in [3.05, 3.63) is 18.2 Å². The highest BCUT2D eigenvalue weighted by atomic mass is 16.5. The summed E-state index contributed by atoms with van der Waals surface area (Å²) in [5, 5.41) is 13.6. The van der Waals surface area contributed by atoms with Crippen molar-refractivity contribution in [2.24, 2.45) is 0 Å². The fourth-order valence-electron chi connectivity index (χ4n) is 2.19. The van der Waals surface area contributed by atoms with Crippen molar-refractivity contribution in [1.29, 1.82) is 0 Å². The molecule has 1 aliphatic rings. The minimum atomic E-state index is -0.733. The Hall–Kier alpha value is -0.910. The SMILES string of the molecule is CCn1ccnc1CNCC1(O)CCOC1C. The molecule has 0 bridgehead atoms. The number of aliphatic hydroxyl groups is 1. The maximum Gasteiger partial charge on any atom is 0.122 e. The number of nitrogens with zero attached hydrogens (tertiary/aromatic N) is 2. The van der Waals surface area contributed by atoms with Gasteiger partial charge in [0, 0.05) is 38.5 Å². The number of nitrogens with one attached hydrogen (secondary N) is 1. The van der Waals surface area contributed by atoms with Gasteiger partial charge in [-0.3, -0.25) is 0 Å². The van der Waals surface area contributed by atoms with Crippen molar-refractivity contribution in [3.8, 4) is 0 Å². The number of hydrogen-bond acceptors (Lipinski definition) is 4. The van der Waals surface area contributed by atoms with Gasteiger partial charge in [0.2, 0.25) is 0 Å². The summed E-state index contributed by atoms with van der Waals surface area (Å²) in [6, 6.07) is 0.